The Morgan fingerprint density at radius 3 is 2.27 bits per heavy atom. The number of carbonyl (C=O) groups is 1. The van der Waals surface area contributed by atoms with Gasteiger partial charge in [-0.3, -0.25) is 4.79 Å². The number of anilines is 1. The maximum Gasteiger partial charge on any atom is 0.262 e. The number of benzene rings is 2. The lowest BCUT2D eigenvalue weighted by molar-refractivity contribution is -0.118. The molecule has 0 atom stereocenters. The molecule has 0 saturated carbocycles. The average molecular weight is 437 g/mol. The second-order valence-corrected chi connectivity index (χ2v) is 8.34. The van der Waals surface area contributed by atoms with Crippen LogP contribution in [-0.2, 0) is 14.8 Å². The van der Waals surface area contributed by atoms with Crippen LogP contribution in [0, 0.1) is 0 Å². The smallest absolute Gasteiger partial charge is 0.262 e. The van der Waals surface area contributed by atoms with Crippen molar-refractivity contribution >= 4 is 21.6 Å². The van der Waals surface area contributed by atoms with E-state index in [4.69, 9.17) is 9.47 Å². The van der Waals surface area contributed by atoms with E-state index in [9.17, 15) is 18.3 Å². The molecule has 0 aliphatic heterocycles. The van der Waals surface area contributed by atoms with Crippen LogP contribution in [0.3, 0.4) is 0 Å². The number of phenolic OH excluding ortho intramolecular Hbond substituents is 1. The number of para-hydroxylation sites is 2. The molecule has 0 saturated heterocycles. The minimum absolute atomic E-state index is 0.00708. The van der Waals surface area contributed by atoms with Crippen molar-refractivity contribution in [1.29, 1.82) is 0 Å². The first-order chi connectivity index (χ1) is 14.3. The highest BCUT2D eigenvalue weighted by molar-refractivity contribution is 7.89. The van der Waals surface area contributed by atoms with Gasteiger partial charge in [0.1, 0.15) is 5.75 Å². The number of aromatic hydroxyl groups is 1. The third kappa shape index (κ3) is 5.87. The second kappa shape index (κ2) is 10.8. The summed E-state index contributed by atoms with van der Waals surface area (Å²) in [5.41, 5.74) is -0.00708. The molecule has 0 bridgehead atoms. The van der Waals surface area contributed by atoms with Gasteiger partial charge in [-0.1, -0.05) is 32.9 Å². The molecular weight excluding hydrogens is 408 g/mol. The highest BCUT2D eigenvalue weighted by Gasteiger charge is 2.23. The zero-order valence-corrected chi connectivity index (χ0v) is 18.2. The molecule has 2 N–H and O–H groups in total. The molecule has 1 amide bonds. The molecule has 30 heavy (non-hydrogen) atoms. The summed E-state index contributed by atoms with van der Waals surface area (Å²) in [5, 5.41) is 12.5. The standard InChI is InChI=1S/C21H28N2O6S/c1-4-13-28-19-9-7-8-10-20(19)29-15-21(25)22-17-14-16(11-12-18(17)24)30(26,27)23(5-2)6-3/h7-12,14,24H,4-6,13,15H2,1-3H3,(H,22,25). The zero-order chi connectivity index (χ0) is 22.1. The summed E-state index contributed by atoms with van der Waals surface area (Å²) in [6.07, 6.45) is 0.834. The summed E-state index contributed by atoms with van der Waals surface area (Å²) in [6.45, 7) is 6.28. The van der Waals surface area contributed by atoms with Gasteiger partial charge in [-0.2, -0.15) is 4.31 Å². The number of nitrogens with zero attached hydrogens (tertiary/aromatic N) is 1. The fraction of sp³-hybridized carbons (Fsp3) is 0.381. The van der Waals surface area contributed by atoms with Crippen LogP contribution in [0.25, 0.3) is 0 Å². The van der Waals surface area contributed by atoms with E-state index in [1.165, 1.54) is 22.5 Å². The summed E-state index contributed by atoms with van der Waals surface area (Å²) >= 11 is 0. The summed E-state index contributed by atoms with van der Waals surface area (Å²) in [4.78, 5) is 12.3. The number of nitrogens with one attached hydrogen (secondary N) is 1. The Morgan fingerprint density at radius 2 is 1.67 bits per heavy atom. The predicted octanol–water partition coefficient (Wildman–Crippen LogP) is 3.23. The number of carbonyl (C=O) groups excluding carboxylic acids is 1. The third-order valence-electron chi connectivity index (χ3n) is 4.25. The van der Waals surface area contributed by atoms with Crippen LogP contribution in [0.15, 0.2) is 47.4 Å². The van der Waals surface area contributed by atoms with Gasteiger partial charge in [-0.25, -0.2) is 8.42 Å². The van der Waals surface area contributed by atoms with Crippen molar-refractivity contribution in [2.75, 3.05) is 31.6 Å². The molecule has 0 heterocycles. The Labute approximate surface area is 177 Å². The molecule has 0 unspecified atom stereocenters. The Hall–Kier alpha value is -2.78. The number of rotatable bonds is 11. The fourth-order valence-corrected chi connectivity index (χ4v) is 4.20. The minimum Gasteiger partial charge on any atom is -0.506 e. The number of sulfonamides is 1. The van der Waals surface area contributed by atoms with Crippen LogP contribution >= 0.6 is 0 Å². The van der Waals surface area contributed by atoms with Gasteiger partial charge >= 0.3 is 0 Å². The summed E-state index contributed by atoms with van der Waals surface area (Å²) in [7, 11) is -3.72. The number of phenols is 1. The highest BCUT2D eigenvalue weighted by Crippen LogP contribution is 2.29. The summed E-state index contributed by atoms with van der Waals surface area (Å²) in [6, 6.07) is 10.8. The van der Waals surface area contributed by atoms with E-state index in [1.54, 1.807) is 38.1 Å². The molecule has 164 valence electrons. The van der Waals surface area contributed by atoms with Gasteiger partial charge in [0.2, 0.25) is 10.0 Å². The van der Waals surface area contributed by atoms with E-state index in [-0.39, 0.29) is 22.9 Å². The first-order valence-corrected chi connectivity index (χ1v) is 11.2. The van der Waals surface area contributed by atoms with E-state index < -0.39 is 15.9 Å². The molecule has 2 rings (SSSR count). The van der Waals surface area contributed by atoms with Crippen LogP contribution in [0.1, 0.15) is 27.2 Å². The van der Waals surface area contributed by atoms with E-state index >= 15 is 0 Å². The Balaban J connectivity index is 2.11. The molecule has 0 radical (unpaired) electrons. The minimum atomic E-state index is -3.72. The molecule has 9 heteroatoms. The van der Waals surface area contributed by atoms with Crippen LogP contribution in [0.5, 0.6) is 17.2 Å². The molecule has 2 aromatic rings. The molecule has 0 aliphatic carbocycles. The normalized spacial score (nSPS) is 11.3. The van der Waals surface area contributed by atoms with Gasteiger partial charge in [-0.05, 0) is 36.8 Å². The van der Waals surface area contributed by atoms with Gasteiger partial charge in [0, 0.05) is 13.1 Å². The molecule has 0 aromatic heterocycles. The van der Waals surface area contributed by atoms with Crippen molar-refractivity contribution in [1.82, 2.24) is 4.31 Å². The van der Waals surface area contributed by atoms with E-state index in [0.29, 0.717) is 31.2 Å². The zero-order valence-electron chi connectivity index (χ0n) is 17.4. The first kappa shape index (κ1) is 23.5. The summed E-state index contributed by atoms with van der Waals surface area (Å²) in [5.74, 6) is 0.159. The van der Waals surface area contributed by atoms with Crippen molar-refractivity contribution in [2.24, 2.45) is 0 Å². The first-order valence-electron chi connectivity index (χ1n) is 9.81. The molecule has 2 aromatic carbocycles. The van der Waals surface area contributed by atoms with Crippen molar-refractivity contribution in [3.05, 3.63) is 42.5 Å². The van der Waals surface area contributed by atoms with Crippen LogP contribution in [-0.4, -0.2) is 50.0 Å². The van der Waals surface area contributed by atoms with Crippen LogP contribution in [0.4, 0.5) is 5.69 Å². The molecule has 8 nitrogen and oxygen atoms in total. The molecule has 0 aliphatic rings. The van der Waals surface area contributed by atoms with Gasteiger partial charge in [0.25, 0.3) is 5.91 Å². The van der Waals surface area contributed by atoms with Gasteiger partial charge in [0.05, 0.1) is 17.2 Å². The molecule has 0 fully saturated rings. The van der Waals surface area contributed by atoms with Gasteiger partial charge in [0.15, 0.2) is 18.1 Å². The lowest BCUT2D eigenvalue weighted by atomic mass is 10.3. The Morgan fingerprint density at radius 1 is 1.03 bits per heavy atom. The third-order valence-corrected chi connectivity index (χ3v) is 6.30. The summed E-state index contributed by atoms with van der Waals surface area (Å²) < 4.78 is 37.8. The molecular formula is C21H28N2O6S. The number of amides is 1. The Bertz CT molecular complexity index is 958. The predicted molar refractivity (Wildman–Crippen MR) is 115 cm³/mol. The number of hydrogen-bond acceptors (Lipinski definition) is 6. The van der Waals surface area contributed by atoms with Crippen molar-refractivity contribution < 1.29 is 27.8 Å². The quantitative estimate of drug-likeness (QED) is 0.524. The lowest BCUT2D eigenvalue weighted by Crippen LogP contribution is -2.30. The van der Waals surface area contributed by atoms with Crippen LogP contribution in [0.2, 0.25) is 0 Å². The molecule has 0 spiro atoms. The van der Waals surface area contributed by atoms with E-state index in [2.05, 4.69) is 5.32 Å². The van der Waals surface area contributed by atoms with E-state index in [0.717, 1.165) is 6.42 Å². The largest absolute Gasteiger partial charge is 0.506 e. The van der Waals surface area contributed by atoms with Crippen LogP contribution < -0.4 is 14.8 Å². The fourth-order valence-electron chi connectivity index (χ4n) is 2.72. The SMILES string of the molecule is CCCOc1ccccc1OCC(=O)Nc1cc(S(=O)(=O)N(CC)CC)ccc1O. The van der Waals surface area contributed by atoms with Crippen molar-refractivity contribution in [3.63, 3.8) is 0 Å². The van der Waals surface area contributed by atoms with Crippen molar-refractivity contribution in [3.8, 4) is 17.2 Å². The van der Waals surface area contributed by atoms with Gasteiger partial charge < -0.3 is 19.9 Å². The average Bonchev–Trinajstić information content (AvgIpc) is 2.73. The number of hydrogen-bond donors (Lipinski definition) is 2. The monoisotopic (exact) mass is 436 g/mol. The van der Waals surface area contributed by atoms with Crippen molar-refractivity contribution in [2.45, 2.75) is 32.1 Å². The maximum absolute atomic E-state index is 12.7. The Kier molecular flexibility index (Phi) is 8.49. The van der Waals surface area contributed by atoms with Gasteiger partial charge in [-0.15, -0.1) is 0 Å². The maximum atomic E-state index is 12.7. The highest BCUT2D eigenvalue weighted by atomic mass is 32.2. The number of ether oxygens (including phenoxy) is 2. The lowest BCUT2D eigenvalue weighted by Gasteiger charge is -2.19. The topological polar surface area (TPSA) is 105 Å². The second-order valence-electron chi connectivity index (χ2n) is 6.40. The van der Waals surface area contributed by atoms with E-state index in [1.807, 2.05) is 6.92 Å².